The number of Topliss-reactive ketones (excluding diaryl/α,β-unsaturated/α-hetero) is 1. The molecule has 0 saturated carbocycles. The molecule has 1 fully saturated rings. The predicted octanol–water partition coefficient (Wildman–Crippen LogP) is 5.12. The van der Waals surface area contributed by atoms with Crippen LogP contribution in [0.3, 0.4) is 0 Å². The molecule has 180 valence electrons. The lowest BCUT2D eigenvalue weighted by atomic mass is 9.94. The van der Waals surface area contributed by atoms with Crippen LogP contribution in [0, 0.1) is 0 Å². The average Bonchev–Trinajstić information content (AvgIpc) is 3.17. The van der Waals surface area contributed by atoms with Crippen LogP contribution in [0.15, 0.2) is 78.4 Å². The van der Waals surface area contributed by atoms with Crippen LogP contribution in [-0.4, -0.2) is 37.6 Å². The molecule has 3 aromatic rings. The van der Waals surface area contributed by atoms with Crippen molar-refractivity contribution in [2.75, 3.05) is 25.7 Å². The Bertz CT molecular complexity index is 1250. The molecule has 1 amide bonds. The van der Waals surface area contributed by atoms with E-state index in [4.69, 9.17) is 14.2 Å². The molecule has 1 aliphatic rings. The number of carbonyl (C=O) groups is 2. The summed E-state index contributed by atoms with van der Waals surface area (Å²) in [6, 6.07) is 20.1. The summed E-state index contributed by atoms with van der Waals surface area (Å²) in [6.45, 7) is 2.61. The van der Waals surface area contributed by atoms with Crippen molar-refractivity contribution in [3.63, 3.8) is 0 Å². The molecule has 1 atom stereocenters. The van der Waals surface area contributed by atoms with Gasteiger partial charge in [-0.2, -0.15) is 0 Å². The Morgan fingerprint density at radius 3 is 2.23 bits per heavy atom. The van der Waals surface area contributed by atoms with E-state index in [9.17, 15) is 14.7 Å². The maximum Gasteiger partial charge on any atom is 0.300 e. The van der Waals surface area contributed by atoms with E-state index in [0.29, 0.717) is 35.1 Å². The third-order valence-corrected chi connectivity index (χ3v) is 5.81. The summed E-state index contributed by atoms with van der Waals surface area (Å²) in [5.41, 5.74) is 1.47. The second kappa shape index (κ2) is 10.3. The van der Waals surface area contributed by atoms with Gasteiger partial charge in [0.1, 0.15) is 23.0 Å². The Morgan fingerprint density at radius 2 is 1.60 bits per heavy atom. The Balaban J connectivity index is 1.89. The Kier molecular flexibility index (Phi) is 7.06. The number of para-hydroxylation sites is 1. The lowest BCUT2D eigenvalue weighted by molar-refractivity contribution is -0.132. The lowest BCUT2D eigenvalue weighted by Crippen LogP contribution is -2.29. The molecule has 1 unspecified atom stereocenters. The van der Waals surface area contributed by atoms with Gasteiger partial charge in [-0.05, 0) is 48.4 Å². The van der Waals surface area contributed by atoms with Gasteiger partial charge in [0, 0.05) is 11.8 Å². The molecule has 35 heavy (non-hydrogen) atoms. The summed E-state index contributed by atoms with van der Waals surface area (Å²) in [5.74, 6) is -0.291. The SMILES string of the molecule is CCCOc1ccc(C2/C(=C(/O)c3ccc(OC)cc3OC)C(=O)C(=O)N2c2ccccc2)cc1. The molecule has 4 rings (SSSR count). The van der Waals surface area contributed by atoms with E-state index in [-0.39, 0.29) is 16.9 Å². The third kappa shape index (κ3) is 4.57. The number of amides is 1. The van der Waals surface area contributed by atoms with Gasteiger partial charge in [0.25, 0.3) is 11.7 Å². The predicted molar refractivity (Wildman–Crippen MR) is 133 cm³/mol. The van der Waals surface area contributed by atoms with Crippen molar-refractivity contribution in [1.82, 2.24) is 0 Å². The highest BCUT2D eigenvalue weighted by Crippen LogP contribution is 2.43. The first-order valence-electron chi connectivity index (χ1n) is 11.3. The van der Waals surface area contributed by atoms with E-state index in [1.807, 2.05) is 13.0 Å². The van der Waals surface area contributed by atoms with E-state index in [2.05, 4.69) is 0 Å². The van der Waals surface area contributed by atoms with Gasteiger partial charge >= 0.3 is 0 Å². The quantitative estimate of drug-likeness (QED) is 0.278. The number of aliphatic hydroxyl groups is 1. The molecule has 1 N–H and O–H groups in total. The lowest BCUT2D eigenvalue weighted by Gasteiger charge is -2.25. The summed E-state index contributed by atoms with van der Waals surface area (Å²) in [6.07, 6.45) is 0.875. The van der Waals surface area contributed by atoms with Gasteiger partial charge in [-0.25, -0.2) is 0 Å². The number of rotatable bonds is 8. The molecule has 7 heteroatoms. The fourth-order valence-corrected chi connectivity index (χ4v) is 4.11. The van der Waals surface area contributed by atoms with Crippen LogP contribution in [0.4, 0.5) is 5.69 Å². The molecule has 0 bridgehead atoms. The Hall–Kier alpha value is -4.26. The molecule has 0 spiro atoms. The van der Waals surface area contributed by atoms with Crippen LogP contribution >= 0.6 is 0 Å². The third-order valence-electron chi connectivity index (χ3n) is 5.81. The summed E-state index contributed by atoms with van der Waals surface area (Å²) < 4.78 is 16.4. The normalized spacial score (nSPS) is 16.9. The second-order valence-electron chi connectivity index (χ2n) is 7.99. The molecule has 0 radical (unpaired) electrons. The fraction of sp³-hybridized carbons (Fsp3) is 0.214. The van der Waals surface area contributed by atoms with E-state index in [0.717, 1.165) is 6.42 Å². The fourth-order valence-electron chi connectivity index (χ4n) is 4.11. The summed E-state index contributed by atoms with van der Waals surface area (Å²) in [7, 11) is 2.98. The Labute approximate surface area is 204 Å². The Morgan fingerprint density at radius 1 is 0.914 bits per heavy atom. The first-order chi connectivity index (χ1) is 17.0. The minimum atomic E-state index is -0.843. The number of hydrogen-bond acceptors (Lipinski definition) is 6. The van der Waals surface area contributed by atoms with Gasteiger partial charge in [-0.1, -0.05) is 37.3 Å². The van der Waals surface area contributed by atoms with Crippen molar-refractivity contribution in [2.24, 2.45) is 0 Å². The van der Waals surface area contributed by atoms with Gasteiger partial charge in [0.15, 0.2) is 0 Å². The molecule has 1 aliphatic heterocycles. The van der Waals surface area contributed by atoms with E-state index in [1.54, 1.807) is 66.7 Å². The summed E-state index contributed by atoms with van der Waals surface area (Å²) in [5, 5.41) is 11.4. The van der Waals surface area contributed by atoms with Crippen molar-refractivity contribution in [3.8, 4) is 17.2 Å². The zero-order valence-electron chi connectivity index (χ0n) is 19.9. The van der Waals surface area contributed by atoms with E-state index in [1.165, 1.54) is 19.1 Å². The van der Waals surface area contributed by atoms with Crippen molar-refractivity contribution in [3.05, 3.63) is 89.5 Å². The van der Waals surface area contributed by atoms with Gasteiger partial charge in [-0.3, -0.25) is 14.5 Å². The van der Waals surface area contributed by atoms with Crippen LogP contribution in [0.25, 0.3) is 5.76 Å². The maximum absolute atomic E-state index is 13.3. The van der Waals surface area contributed by atoms with Crippen LogP contribution in [0.2, 0.25) is 0 Å². The number of carbonyl (C=O) groups excluding carboxylic acids is 2. The molecule has 1 heterocycles. The smallest absolute Gasteiger partial charge is 0.300 e. The highest BCUT2D eigenvalue weighted by Gasteiger charge is 2.47. The van der Waals surface area contributed by atoms with Crippen LogP contribution in [-0.2, 0) is 9.59 Å². The number of nitrogens with zero attached hydrogens (tertiary/aromatic N) is 1. The molecule has 3 aromatic carbocycles. The highest BCUT2D eigenvalue weighted by molar-refractivity contribution is 6.51. The van der Waals surface area contributed by atoms with Crippen LogP contribution in [0.1, 0.15) is 30.5 Å². The zero-order chi connectivity index (χ0) is 24.9. The topological polar surface area (TPSA) is 85.3 Å². The zero-order valence-corrected chi connectivity index (χ0v) is 19.9. The van der Waals surface area contributed by atoms with Crippen molar-refractivity contribution in [2.45, 2.75) is 19.4 Å². The monoisotopic (exact) mass is 473 g/mol. The van der Waals surface area contributed by atoms with Crippen molar-refractivity contribution >= 4 is 23.1 Å². The molecule has 0 aromatic heterocycles. The molecule has 1 saturated heterocycles. The molecular weight excluding hydrogens is 446 g/mol. The van der Waals surface area contributed by atoms with E-state index >= 15 is 0 Å². The number of aliphatic hydroxyl groups excluding tert-OH is 1. The average molecular weight is 474 g/mol. The van der Waals surface area contributed by atoms with Crippen molar-refractivity contribution in [1.29, 1.82) is 0 Å². The molecular formula is C28H27NO6. The largest absolute Gasteiger partial charge is 0.507 e. The first kappa shape index (κ1) is 23.9. The number of ether oxygens (including phenoxy) is 3. The minimum Gasteiger partial charge on any atom is -0.507 e. The van der Waals surface area contributed by atoms with Crippen LogP contribution in [0.5, 0.6) is 17.2 Å². The first-order valence-corrected chi connectivity index (χ1v) is 11.3. The number of ketones is 1. The minimum absolute atomic E-state index is 0.0236. The summed E-state index contributed by atoms with van der Waals surface area (Å²) in [4.78, 5) is 28.0. The molecule has 7 nitrogen and oxygen atoms in total. The van der Waals surface area contributed by atoms with Crippen molar-refractivity contribution < 1.29 is 28.9 Å². The van der Waals surface area contributed by atoms with Gasteiger partial charge in [0.05, 0.1) is 38.0 Å². The van der Waals surface area contributed by atoms with Gasteiger partial charge in [-0.15, -0.1) is 0 Å². The number of benzene rings is 3. The number of anilines is 1. The van der Waals surface area contributed by atoms with E-state index < -0.39 is 17.7 Å². The standard InChI is InChI=1S/C28H27NO6/c1-4-16-35-20-12-10-18(11-13-20)25-24(26(30)22-15-14-21(33-2)17-23(22)34-3)27(31)28(32)29(25)19-8-6-5-7-9-19/h5-15,17,25,30H,4,16H2,1-3H3/b26-24-. The summed E-state index contributed by atoms with van der Waals surface area (Å²) >= 11 is 0. The second-order valence-corrected chi connectivity index (χ2v) is 7.99. The van der Waals surface area contributed by atoms with Gasteiger partial charge in [0.2, 0.25) is 0 Å². The van der Waals surface area contributed by atoms with Gasteiger partial charge < -0.3 is 19.3 Å². The van der Waals surface area contributed by atoms with Crippen LogP contribution < -0.4 is 19.1 Å². The number of hydrogen-bond donors (Lipinski definition) is 1. The highest BCUT2D eigenvalue weighted by atomic mass is 16.5. The number of methoxy groups -OCH3 is 2. The molecule has 0 aliphatic carbocycles. The maximum atomic E-state index is 13.3.